The van der Waals surface area contributed by atoms with Gasteiger partial charge in [-0.05, 0) is 30.3 Å². The summed E-state index contributed by atoms with van der Waals surface area (Å²) in [6, 6.07) is 14.0. The minimum Gasteiger partial charge on any atom is -0.381 e. The largest absolute Gasteiger partial charge is 0.381 e. The lowest BCUT2D eigenvalue weighted by Crippen LogP contribution is -2.33. The van der Waals surface area contributed by atoms with E-state index in [1.807, 2.05) is 0 Å². The molecule has 2 aromatic rings. The number of nitrogens with zero attached hydrogens (tertiary/aromatic N) is 2. The van der Waals surface area contributed by atoms with Gasteiger partial charge in [-0.2, -0.15) is 0 Å². The molecule has 120 valence electrons. The third-order valence-corrected chi connectivity index (χ3v) is 4.91. The second kappa shape index (κ2) is 5.72. The molecule has 0 unspecified atom stereocenters. The van der Waals surface area contributed by atoms with Crippen molar-refractivity contribution in [1.29, 1.82) is 0 Å². The molecule has 2 amide bonds. The number of rotatable bonds is 2. The van der Waals surface area contributed by atoms with Gasteiger partial charge in [-0.15, -0.1) is 0 Å². The van der Waals surface area contributed by atoms with E-state index < -0.39 is 17.9 Å². The van der Waals surface area contributed by atoms with Gasteiger partial charge >= 0.3 is 0 Å². The van der Waals surface area contributed by atoms with Crippen LogP contribution in [0.5, 0.6) is 0 Å². The highest BCUT2D eigenvalue weighted by atomic mass is 79.9. The molecule has 2 aliphatic rings. The van der Waals surface area contributed by atoms with Crippen molar-refractivity contribution in [1.82, 2.24) is 0 Å². The molecule has 2 atom stereocenters. The summed E-state index contributed by atoms with van der Waals surface area (Å²) in [7, 11) is 0. The lowest BCUT2D eigenvalue weighted by Gasteiger charge is -2.15. The van der Waals surface area contributed by atoms with Crippen LogP contribution >= 0.6 is 27.5 Å². The van der Waals surface area contributed by atoms with Crippen LogP contribution in [0.1, 0.15) is 5.56 Å². The van der Waals surface area contributed by atoms with Crippen molar-refractivity contribution in [2.45, 2.75) is 6.10 Å². The second-order valence-electron chi connectivity index (χ2n) is 5.45. The van der Waals surface area contributed by atoms with Crippen molar-refractivity contribution >= 4 is 50.7 Å². The molecule has 2 aliphatic heterocycles. The van der Waals surface area contributed by atoms with Gasteiger partial charge < -0.3 is 4.84 Å². The molecule has 1 saturated heterocycles. The fraction of sp³-hybridized carbons (Fsp3) is 0.118. The van der Waals surface area contributed by atoms with E-state index in [0.29, 0.717) is 22.0 Å². The van der Waals surface area contributed by atoms with Crippen molar-refractivity contribution in [3.8, 4) is 0 Å². The van der Waals surface area contributed by atoms with Crippen LogP contribution in [0, 0.1) is 5.92 Å². The Balaban J connectivity index is 1.73. The van der Waals surface area contributed by atoms with E-state index in [2.05, 4.69) is 21.1 Å². The number of amides is 2. The van der Waals surface area contributed by atoms with Crippen LogP contribution in [0.3, 0.4) is 0 Å². The van der Waals surface area contributed by atoms with E-state index in [1.54, 1.807) is 48.5 Å². The molecule has 0 radical (unpaired) electrons. The van der Waals surface area contributed by atoms with E-state index >= 15 is 0 Å². The molecule has 1 fully saturated rings. The molecule has 0 aliphatic carbocycles. The molecule has 2 aromatic carbocycles. The maximum atomic E-state index is 12.9. The van der Waals surface area contributed by atoms with Crippen LogP contribution < -0.4 is 4.90 Å². The Labute approximate surface area is 151 Å². The van der Waals surface area contributed by atoms with E-state index in [-0.39, 0.29) is 5.91 Å². The fourth-order valence-electron chi connectivity index (χ4n) is 2.91. The van der Waals surface area contributed by atoms with E-state index in [0.717, 1.165) is 9.37 Å². The number of hydrogen-bond donors (Lipinski definition) is 0. The van der Waals surface area contributed by atoms with Gasteiger partial charge in [0.1, 0.15) is 11.6 Å². The summed E-state index contributed by atoms with van der Waals surface area (Å²) in [6.07, 6.45) is -0.938. The van der Waals surface area contributed by atoms with Gasteiger partial charge in [0.05, 0.1) is 5.69 Å². The minimum atomic E-state index is -0.938. The molecule has 0 bridgehead atoms. The Bertz CT molecular complexity index is 882. The first-order chi connectivity index (χ1) is 11.6. The van der Waals surface area contributed by atoms with Gasteiger partial charge in [-0.25, -0.2) is 4.90 Å². The zero-order chi connectivity index (χ0) is 16.8. The number of fused-ring (bicyclic) bond motifs is 1. The first-order valence-electron chi connectivity index (χ1n) is 7.20. The van der Waals surface area contributed by atoms with Crippen LogP contribution in [0.25, 0.3) is 0 Å². The molecule has 4 rings (SSSR count). The summed E-state index contributed by atoms with van der Waals surface area (Å²) < 4.78 is 0.861. The lowest BCUT2D eigenvalue weighted by molar-refractivity contribution is -0.126. The smallest absolute Gasteiger partial charge is 0.278 e. The van der Waals surface area contributed by atoms with Gasteiger partial charge in [0.25, 0.3) is 5.91 Å². The van der Waals surface area contributed by atoms with Crippen LogP contribution in [-0.2, 0) is 14.4 Å². The number of anilines is 1. The average molecular weight is 406 g/mol. The van der Waals surface area contributed by atoms with Crippen LogP contribution in [-0.4, -0.2) is 23.6 Å². The Morgan fingerprint density at radius 2 is 1.75 bits per heavy atom. The van der Waals surface area contributed by atoms with Crippen molar-refractivity contribution in [3.63, 3.8) is 0 Å². The number of benzene rings is 2. The number of carbonyl (C=O) groups is 2. The second-order valence-corrected chi connectivity index (χ2v) is 6.77. The first-order valence-corrected chi connectivity index (χ1v) is 8.37. The Kier molecular flexibility index (Phi) is 3.66. The number of imide groups is 1. The molecule has 0 saturated carbocycles. The third kappa shape index (κ3) is 2.25. The SMILES string of the molecule is O=C1[C@@H]2C(c3ccccc3Cl)=NO[C@@H]2C(=O)N1c1ccc(Br)cc1. The predicted octanol–water partition coefficient (Wildman–Crippen LogP) is 3.40. The molecule has 24 heavy (non-hydrogen) atoms. The molecule has 5 nitrogen and oxygen atoms in total. The Hall–Kier alpha value is -2.18. The van der Waals surface area contributed by atoms with E-state index in [4.69, 9.17) is 16.4 Å². The third-order valence-electron chi connectivity index (χ3n) is 4.05. The fourth-order valence-corrected chi connectivity index (χ4v) is 3.41. The molecular formula is C17H10BrClN2O3. The summed E-state index contributed by atoms with van der Waals surface area (Å²) in [6.45, 7) is 0. The normalized spacial score (nSPS) is 22.4. The number of oxime groups is 1. The highest BCUT2D eigenvalue weighted by Gasteiger charge is 2.56. The molecule has 0 aromatic heterocycles. The number of carbonyl (C=O) groups excluding carboxylic acids is 2. The van der Waals surface area contributed by atoms with Crippen molar-refractivity contribution in [2.24, 2.45) is 11.1 Å². The minimum absolute atomic E-state index is 0.358. The molecule has 2 heterocycles. The summed E-state index contributed by atoms with van der Waals surface area (Å²) >= 11 is 9.53. The van der Waals surface area contributed by atoms with Gasteiger partial charge in [0, 0.05) is 15.1 Å². The van der Waals surface area contributed by atoms with Crippen molar-refractivity contribution in [3.05, 3.63) is 63.6 Å². The first kappa shape index (κ1) is 15.4. The van der Waals surface area contributed by atoms with Gasteiger partial charge in [-0.1, -0.05) is 50.9 Å². The molecule has 0 spiro atoms. The Morgan fingerprint density at radius 1 is 1.04 bits per heavy atom. The zero-order valence-corrected chi connectivity index (χ0v) is 14.5. The lowest BCUT2D eigenvalue weighted by atomic mass is 9.94. The Morgan fingerprint density at radius 3 is 2.46 bits per heavy atom. The number of halogens is 2. The predicted molar refractivity (Wildman–Crippen MR) is 93.0 cm³/mol. The van der Waals surface area contributed by atoms with Crippen LogP contribution in [0.15, 0.2) is 58.2 Å². The molecule has 7 heteroatoms. The van der Waals surface area contributed by atoms with E-state index in [1.165, 1.54) is 0 Å². The highest BCUT2D eigenvalue weighted by Crippen LogP contribution is 2.36. The summed E-state index contributed by atoms with van der Waals surface area (Å²) in [5.41, 5.74) is 1.50. The van der Waals surface area contributed by atoms with Crippen LogP contribution in [0.4, 0.5) is 5.69 Å². The van der Waals surface area contributed by atoms with Crippen LogP contribution in [0.2, 0.25) is 5.02 Å². The zero-order valence-electron chi connectivity index (χ0n) is 12.1. The summed E-state index contributed by atoms with van der Waals surface area (Å²) in [5, 5.41) is 4.41. The molecule has 0 N–H and O–H groups in total. The maximum absolute atomic E-state index is 12.9. The van der Waals surface area contributed by atoms with Crippen molar-refractivity contribution in [2.75, 3.05) is 4.90 Å². The monoisotopic (exact) mass is 404 g/mol. The standard InChI is InChI=1S/C17H10BrClN2O3/c18-9-5-7-10(8-6-9)21-16(22)13-14(20-24-15(13)17(21)23)11-3-1-2-4-12(11)19/h1-8,13,15H/t13-,15+/m1/s1. The maximum Gasteiger partial charge on any atom is 0.278 e. The van der Waals surface area contributed by atoms with Gasteiger partial charge in [0.2, 0.25) is 12.0 Å². The van der Waals surface area contributed by atoms with Crippen molar-refractivity contribution < 1.29 is 14.4 Å². The summed E-state index contributed by atoms with van der Waals surface area (Å²) in [5.74, 6) is -1.55. The highest BCUT2D eigenvalue weighted by molar-refractivity contribution is 9.10. The average Bonchev–Trinajstić information content (AvgIpc) is 3.10. The summed E-state index contributed by atoms with van der Waals surface area (Å²) in [4.78, 5) is 31.9. The van der Waals surface area contributed by atoms with Gasteiger partial charge in [0.15, 0.2) is 0 Å². The van der Waals surface area contributed by atoms with Gasteiger partial charge in [-0.3, -0.25) is 9.59 Å². The van der Waals surface area contributed by atoms with E-state index in [9.17, 15) is 9.59 Å². The topological polar surface area (TPSA) is 59.0 Å². The quantitative estimate of drug-likeness (QED) is 0.720. The molecular weight excluding hydrogens is 396 g/mol. The number of hydrogen-bond acceptors (Lipinski definition) is 4.